The topological polar surface area (TPSA) is 23.5 Å². The van der Waals surface area contributed by atoms with Gasteiger partial charge in [-0.15, -0.1) is 12.4 Å². The van der Waals surface area contributed by atoms with Gasteiger partial charge >= 0.3 is 0 Å². The van der Waals surface area contributed by atoms with Gasteiger partial charge in [0.2, 0.25) is 0 Å². The number of phenolic OH excluding ortho intramolecular Hbond substituents is 1. The van der Waals surface area contributed by atoms with Crippen LogP contribution in [0.25, 0.3) is 0 Å². The number of nitrogens with zero attached hydrogens (tertiary/aromatic N) is 1. The lowest BCUT2D eigenvalue weighted by molar-refractivity contribution is -0.0147. The van der Waals surface area contributed by atoms with Gasteiger partial charge in [0, 0.05) is 18.0 Å². The second-order valence-electron chi connectivity index (χ2n) is 8.88. The molecule has 2 nitrogen and oxygen atoms in total. The molecule has 3 heteroatoms. The molecule has 1 aromatic carbocycles. The van der Waals surface area contributed by atoms with Crippen molar-refractivity contribution in [3.63, 3.8) is 0 Å². The molecule has 3 aliphatic carbocycles. The van der Waals surface area contributed by atoms with Crippen LogP contribution >= 0.6 is 12.4 Å². The molecule has 1 N–H and O–H groups in total. The molecule has 1 aliphatic heterocycles. The van der Waals surface area contributed by atoms with Crippen molar-refractivity contribution in [3.8, 4) is 5.75 Å². The smallest absolute Gasteiger partial charge is 0.115 e. The molecule has 4 aliphatic rings. The van der Waals surface area contributed by atoms with Crippen molar-refractivity contribution in [2.45, 2.75) is 62.8 Å². The van der Waals surface area contributed by atoms with Crippen molar-refractivity contribution >= 4 is 12.4 Å². The molecule has 1 saturated heterocycles. The molecular weight excluding hydrogens is 330 g/mol. The van der Waals surface area contributed by atoms with E-state index in [0.29, 0.717) is 11.8 Å². The minimum Gasteiger partial charge on any atom is -0.508 e. The number of allylic oxidation sites excluding steroid dienone is 1. The van der Waals surface area contributed by atoms with E-state index in [1.54, 1.807) is 0 Å². The first-order valence-electron chi connectivity index (χ1n) is 9.89. The van der Waals surface area contributed by atoms with E-state index >= 15 is 0 Å². The third-order valence-corrected chi connectivity index (χ3v) is 7.64. The predicted molar refractivity (Wildman–Crippen MR) is 105 cm³/mol. The van der Waals surface area contributed by atoms with Crippen LogP contribution in [0.1, 0.15) is 56.1 Å². The van der Waals surface area contributed by atoms with Gasteiger partial charge < -0.3 is 5.11 Å². The summed E-state index contributed by atoms with van der Waals surface area (Å²) in [5.41, 5.74) is 4.62. The van der Waals surface area contributed by atoms with Crippen molar-refractivity contribution in [2.75, 3.05) is 13.1 Å². The van der Waals surface area contributed by atoms with Gasteiger partial charge in [-0.25, -0.2) is 0 Å². The van der Waals surface area contributed by atoms with E-state index in [1.807, 2.05) is 6.07 Å². The van der Waals surface area contributed by atoms with Crippen LogP contribution in [-0.4, -0.2) is 29.1 Å². The maximum atomic E-state index is 10.1. The van der Waals surface area contributed by atoms with Gasteiger partial charge in [0.05, 0.1) is 0 Å². The highest BCUT2D eigenvalue weighted by atomic mass is 35.5. The van der Waals surface area contributed by atoms with Gasteiger partial charge in [-0.2, -0.15) is 0 Å². The number of benzene rings is 1. The van der Waals surface area contributed by atoms with Crippen LogP contribution in [0, 0.1) is 11.8 Å². The fourth-order valence-corrected chi connectivity index (χ4v) is 6.27. The molecule has 1 heterocycles. The molecule has 0 aromatic heterocycles. The summed E-state index contributed by atoms with van der Waals surface area (Å²) < 4.78 is 0. The zero-order valence-electron chi connectivity index (χ0n) is 15.0. The van der Waals surface area contributed by atoms with Crippen LogP contribution in [0.2, 0.25) is 0 Å². The highest BCUT2D eigenvalue weighted by Gasteiger charge is 2.54. The Hall–Kier alpha value is -0.990. The number of hydrogen-bond donors (Lipinski definition) is 1. The minimum atomic E-state index is 0. The Kier molecular flexibility index (Phi) is 4.40. The number of hydrogen-bond acceptors (Lipinski definition) is 2. The highest BCUT2D eigenvalue weighted by molar-refractivity contribution is 5.85. The fourth-order valence-electron chi connectivity index (χ4n) is 6.27. The second kappa shape index (κ2) is 6.32. The highest BCUT2D eigenvalue weighted by Crippen LogP contribution is 2.57. The van der Waals surface area contributed by atoms with Gasteiger partial charge in [0.25, 0.3) is 0 Å². The third-order valence-electron chi connectivity index (χ3n) is 7.64. The first-order valence-corrected chi connectivity index (χ1v) is 9.89. The van der Waals surface area contributed by atoms with Gasteiger partial charge in [-0.1, -0.05) is 24.6 Å². The number of piperidine rings is 1. The number of aromatic hydroxyl groups is 1. The van der Waals surface area contributed by atoms with Crippen LogP contribution in [0.3, 0.4) is 0 Å². The van der Waals surface area contributed by atoms with Crippen molar-refractivity contribution in [1.29, 1.82) is 0 Å². The molecule has 136 valence electrons. The Balaban J connectivity index is 0.00000157. The molecule has 3 atom stereocenters. The van der Waals surface area contributed by atoms with Crippen LogP contribution in [0.15, 0.2) is 30.4 Å². The van der Waals surface area contributed by atoms with Gasteiger partial charge in [-0.05, 0) is 86.6 Å². The molecule has 0 spiro atoms. The largest absolute Gasteiger partial charge is 0.508 e. The monoisotopic (exact) mass is 359 g/mol. The van der Waals surface area contributed by atoms with Gasteiger partial charge in [0.1, 0.15) is 5.75 Å². The van der Waals surface area contributed by atoms with Crippen LogP contribution in [-0.2, 0) is 11.8 Å². The van der Waals surface area contributed by atoms with E-state index in [4.69, 9.17) is 0 Å². The molecule has 2 saturated carbocycles. The van der Waals surface area contributed by atoms with E-state index in [1.165, 1.54) is 74.7 Å². The number of likely N-dealkylation sites (tertiary alicyclic amines) is 1. The van der Waals surface area contributed by atoms with Crippen LogP contribution in [0.5, 0.6) is 5.75 Å². The first-order chi connectivity index (χ1) is 11.7. The zero-order valence-corrected chi connectivity index (χ0v) is 15.9. The molecule has 5 rings (SSSR count). The van der Waals surface area contributed by atoms with Gasteiger partial charge in [0.15, 0.2) is 0 Å². The van der Waals surface area contributed by atoms with Crippen molar-refractivity contribution in [3.05, 3.63) is 41.5 Å². The molecule has 3 fully saturated rings. The molecule has 0 amide bonds. The summed E-state index contributed by atoms with van der Waals surface area (Å²) in [4.78, 5) is 2.84. The molecule has 0 radical (unpaired) electrons. The molecule has 1 aromatic rings. The number of rotatable bonds is 2. The summed E-state index contributed by atoms with van der Waals surface area (Å²) in [7, 11) is 0. The lowest BCUT2D eigenvalue weighted by Crippen LogP contribution is -2.61. The third kappa shape index (κ3) is 2.64. The Morgan fingerprint density at radius 3 is 2.84 bits per heavy atom. The van der Waals surface area contributed by atoms with E-state index in [0.717, 1.165) is 18.3 Å². The molecule has 2 bridgehead atoms. The van der Waals surface area contributed by atoms with Crippen LogP contribution < -0.4 is 0 Å². The normalized spacial score (nSPS) is 34.5. The average molecular weight is 360 g/mol. The summed E-state index contributed by atoms with van der Waals surface area (Å²) in [6, 6.07) is 6.88. The van der Waals surface area contributed by atoms with E-state index in [2.05, 4.69) is 23.6 Å². The lowest BCUT2D eigenvalue weighted by Gasteiger charge is -2.60. The van der Waals surface area contributed by atoms with E-state index in [9.17, 15) is 5.11 Å². The molecular formula is C22H30ClNO. The van der Waals surface area contributed by atoms with Crippen molar-refractivity contribution in [2.24, 2.45) is 11.8 Å². The first kappa shape index (κ1) is 17.4. The molecule has 25 heavy (non-hydrogen) atoms. The second-order valence-corrected chi connectivity index (χ2v) is 8.88. The maximum Gasteiger partial charge on any atom is 0.115 e. The molecule has 0 unspecified atom stereocenters. The Bertz CT molecular complexity index is 683. The van der Waals surface area contributed by atoms with Crippen molar-refractivity contribution in [1.82, 2.24) is 4.90 Å². The predicted octanol–water partition coefficient (Wildman–Crippen LogP) is 4.84. The summed E-state index contributed by atoms with van der Waals surface area (Å²) >= 11 is 0. The quantitative estimate of drug-likeness (QED) is 0.764. The number of halogens is 1. The summed E-state index contributed by atoms with van der Waals surface area (Å²) in [5.74, 6) is 2.15. The zero-order chi connectivity index (χ0) is 16.3. The Morgan fingerprint density at radius 2 is 2.08 bits per heavy atom. The minimum absolute atomic E-state index is 0. The summed E-state index contributed by atoms with van der Waals surface area (Å²) in [6.07, 6.45) is 10.4. The standard InChI is InChI=1S/C22H29NO.ClH/c1-15-5-8-19-21-11-17-6-7-18(24)12-20(17)22(19,13-15)9-10-23(21)14-16-3-2-4-16;/h6-7,12,16,19,21,24H,1-5,8-11,13-14H2;1H/t19-,21+,22-;/m0./s1. The number of fused-ring (bicyclic) bond motifs is 1. The summed E-state index contributed by atoms with van der Waals surface area (Å²) in [5, 5.41) is 10.1. The van der Waals surface area contributed by atoms with E-state index < -0.39 is 0 Å². The Morgan fingerprint density at radius 1 is 1.24 bits per heavy atom. The average Bonchev–Trinajstić information content (AvgIpc) is 2.52. The van der Waals surface area contributed by atoms with Crippen LogP contribution in [0.4, 0.5) is 0 Å². The van der Waals surface area contributed by atoms with Crippen molar-refractivity contribution < 1.29 is 5.11 Å². The lowest BCUT2D eigenvalue weighted by atomic mass is 9.51. The SMILES string of the molecule is C=C1CC[C@H]2[C@H]3Cc4ccc(O)cc4[C@@]2(CCN3CC2CCC2)C1.Cl. The summed E-state index contributed by atoms with van der Waals surface area (Å²) in [6.45, 7) is 6.92. The van der Waals surface area contributed by atoms with Gasteiger partial charge in [-0.3, -0.25) is 4.90 Å². The Labute approximate surface area is 157 Å². The van der Waals surface area contributed by atoms with E-state index in [-0.39, 0.29) is 17.8 Å². The fraction of sp³-hybridized carbons (Fsp3) is 0.636. The maximum absolute atomic E-state index is 10.1. The number of phenols is 1.